The molecule has 1 unspecified atom stereocenters. The van der Waals surface area contributed by atoms with Crippen molar-refractivity contribution in [1.82, 2.24) is 5.32 Å². The van der Waals surface area contributed by atoms with E-state index >= 15 is 0 Å². The highest BCUT2D eigenvalue weighted by Gasteiger charge is 2.26. The molecule has 1 N–H and O–H groups in total. The summed E-state index contributed by atoms with van der Waals surface area (Å²) in [5.74, 6) is -0.375. The van der Waals surface area contributed by atoms with E-state index in [-0.39, 0.29) is 6.61 Å². The maximum Gasteiger partial charge on any atom is 0.347 e. The van der Waals surface area contributed by atoms with Gasteiger partial charge in [-0.3, -0.25) is 10.1 Å². The van der Waals surface area contributed by atoms with E-state index in [9.17, 15) is 9.59 Å². The number of hydrogen-bond donors (Lipinski definition) is 1. The monoisotopic (exact) mass is 289 g/mol. The second kappa shape index (κ2) is 6.65. The van der Waals surface area contributed by atoms with Gasteiger partial charge in [0, 0.05) is 5.71 Å². The van der Waals surface area contributed by atoms with E-state index in [0.717, 1.165) is 11.3 Å². The van der Waals surface area contributed by atoms with E-state index in [1.165, 1.54) is 6.21 Å². The minimum atomic E-state index is -0.682. The number of aliphatic imine (C=N–C) groups is 1. The largest absolute Gasteiger partial charge is 0.497 e. The molecular weight excluding hydrogens is 274 g/mol. The second-order valence-corrected chi connectivity index (χ2v) is 4.40. The number of amides is 3. The normalized spacial score (nSPS) is 18.4. The first-order valence-corrected chi connectivity index (χ1v) is 6.28. The first-order valence-electron chi connectivity index (χ1n) is 6.28. The molecule has 3 amide bonds. The summed E-state index contributed by atoms with van der Waals surface area (Å²) in [4.78, 5) is 31.4. The van der Waals surface area contributed by atoms with Crippen molar-refractivity contribution in [1.29, 1.82) is 0 Å². The number of oxime groups is 1. The van der Waals surface area contributed by atoms with Gasteiger partial charge in [-0.25, -0.2) is 9.79 Å². The first-order chi connectivity index (χ1) is 10.1. The molecule has 1 aliphatic heterocycles. The number of carbonyl (C=O) groups is 2. The van der Waals surface area contributed by atoms with Crippen LogP contribution >= 0.6 is 0 Å². The molecule has 0 saturated carbocycles. The third-order valence-electron chi connectivity index (χ3n) is 2.92. The zero-order valence-corrected chi connectivity index (χ0v) is 11.7. The van der Waals surface area contributed by atoms with Crippen LogP contribution in [-0.4, -0.2) is 31.0 Å². The molecule has 0 aliphatic carbocycles. The van der Waals surface area contributed by atoms with Gasteiger partial charge < -0.3 is 9.57 Å². The molecule has 1 aromatic rings. The summed E-state index contributed by atoms with van der Waals surface area (Å²) in [6, 6.07) is 6.69. The minimum absolute atomic E-state index is 0.268. The van der Waals surface area contributed by atoms with Crippen molar-refractivity contribution in [2.75, 3.05) is 7.11 Å². The summed E-state index contributed by atoms with van der Waals surface area (Å²) in [5.41, 5.74) is 1.31. The van der Waals surface area contributed by atoms with Crippen molar-refractivity contribution in [3.63, 3.8) is 0 Å². The molecule has 21 heavy (non-hydrogen) atoms. The molecule has 0 fully saturated rings. The molecule has 1 aromatic carbocycles. The van der Waals surface area contributed by atoms with Crippen LogP contribution in [0.4, 0.5) is 4.79 Å². The van der Waals surface area contributed by atoms with Gasteiger partial charge in [0.15, 0.2) is 0 Å². The van der Waals surface area contributed by atoms with Crippen molar-refractivity contribution in [3.05, 3.63) is 29.8 Å². The fraction of sp³-hybridized carbons (Fsp3) is 0.286. The molecule has 1 atom stereocenters. The Bertz CT molecular complexity index is 593. The van der Waals surface area contributed by atoms with Crippen LogP contribution in [0.5, 0.6) is 5.75 Å². The van der Waals surface area contributed by atoms with Gasteiger partial charge in [-0.1, -0.05) is 17.3 Å². The van der Waals surface area contributed by atoms with E-state index < -0.39 is 17.9 Å². The quantitative estimate of drug-likeness (QED) is 0.657. The third-order valence-corrected chi connectivity index (χ3v) is 2.92. The van der Waals surface area contributed by atoms with Gasteiger partial charge in [-0.2, -0.15) is 0 Å². The van der Waals surface area contributed by atoms with Gasteiger partial charge in [0.2, 0.25) is 5.91 Å². The van der Waals surface area contributed by atoms with Crippen LogP contribution in [-0.2, 0) is 16.2 Å². The third kappa shape index (κ3) is 3.88. The molecular formula is C14H15N3O4. The standard InChI is InChI=1S/C14H15N3O4/c1-9-12(13(18)17-14(19)16-9)7-15-21-8-10-3-5-11(20-2)6-4-10/h3-7,12H,8H2,1-2H3,(H,17,18,19)/b15-7+. The highest BCUT2D eigenvalue weighted by atomic mass is 16.6. The summed E-state index contributed by atoms with van der Waals surface area (Å²) in [6.45, 7) is 1.86. The highest BCUT2D eigenvalue weighted by molar-refractivity contribution is 6.23. The molecule has 0 aromatic heterocycles. The highest BCUT2D eigenvalue weighted by Crippen LogP contribution is 2.12. The molecule has 110 valence electrons. The number of methoxy groups -OCH3 is 1. The number of nitrogens with one attached hydrogen (secondary N) is 1. The number of ether oxygens (including phenoxy) is 1. The lowest BCUT2D eigenvalue weighted by Gasteiger charge is -2.14. The zero-order chi connectivity index (χ0) is 15.2. The Morgan fingerprint density at radius 1 is 1.33 bits per heavy atom. The summed E-state index contributed by atoms with van der Waals surface area (Å²) in [7, 11) is 1.60. The maximum atomic E-state index is 11.6. The fourth-order valence-corrected chi connectivity index (χ4v) is 1.74. The lowest BCUT2D eigenvalue weighted by atomic mass is 10.0. The molecule has 0 spiro atoms. The number of urea groups is 1. The van der Waals surface area contributed by atoms with Crippen LogP contribution in [0, 0.1) is 5.92 Å². The van der Waals surface area contributed by atoms with E-state index in [2.05, 4.69) is 15.5 Å². The van der Waals surface area contributed by atoms with Crippen LogP contribution in [0.1, 0.15) is 12.5 Å². The molecule has 7 heteroatoms. The second-order valence-electron chi connectivity index (χ2n) is 4.40. The van der Waals surface area contributed by atoms with Gasteiger partial charge in [-0.05, 0) is 24.6 Å². The summed E-state index contributed by atoms with van der Waals surface area (Å²) in [6.07, 6.45) is 1.32. The van der Waals surface area contributed by atoms with E-state index in [1.54, 1.807) is 14.0 Å². The number of hydrogen-bond acceptors (Lipinski definition) is 5. The van der Waals surface area contributed by atoms with Crippen LogP contribution in [0.3, 0.4) is 0 Å². The molecule has 1 heterocycles. The Balaban J connectivity index is 1.88. The van der Waals surface area contributed by atoms with E-state index in [4.69, 9.17) is 9.57 Å². The SMILES string of the molecule is COc1ccc(CO/N=C/C2C(=O)NC(=O)N=C2C)cc1. The number of imide groups is 1. The predicted octanol–water partition coefficient (Wildman–Crippen LogP) is 1.52. The number of benzene rings is 1. The van der Waals surface area contributed by atoms with Gasteiger partial charge >= 0.3 is 6.03 Å². The molecule has 7 nitrogen and oxygen atoms in total. The Morgan fingerprint density at radius 2 is 2.05 bits per heavy atom. The summed E-state index contributed by atoms with van der Waals surface area (Å²) < 4.78 is 5.05. The lowest BCUT2D eigenvalue weighted by molar-refractivity contribution is -0.120. The predicted molar refractivity (Wildman–Crippen MR) is 76.4 cm³/mol. The van der Waals surface area contributed by atoms with Crippen LogP contribution in [0.15, 0.2) is 34.4 Å². The van der Waals surface area contributed by atoms with E-state index in [0.29, 0.717) is 5.71 Å². The number of nitrogens with zero attached hydrogens (tertiary/aromatic N) is 2. The van der Waals surface area contributed by atoms with Crippen LogP contribution in [0.2, 0.25) is 0 Å². The van der Waals surface area contributed by atoms with Gasteiger partial charge in [-0.15, -0.1) is 0 Å². The van der Waals surface area contributed by atoms with Gasteiger partial charge in [0.05, 0.1) is 13.3 Å². The molecule has 0 saturated heterocycles. The van der Waals surface area contributed by atoms with Crippen molar-refractivity contribution in [2.24, 2.45) is 16.1 Å². The maximum absolute atomic E-state index is 11.6. The van der Waals surface area contributed by atoms with Crippen molar-refractivity contribution in [2.45, 2.75) is 13.5 Å². The van der Waals surface area contributed by atoms with Crippen LogP contribution in [0.25, 0.3) is 0 Å². The average molecular weight is 289 g/mol. The van der Waals surface area contributed by atoms with Crippen molar-refractivity contribution in [3.8, 4) is 5.75 Å². The summed E-state index contributed by atoms with van der Waals surface area (Å²) >= 11 is 0. The Kier molecular flexibility index (Phi) is 4.65. The smallest absolute Gasteiger partial charge is 0.347 e. The van der Waals surface area contributed by atoms with Crippen LogP contribution < -0.4 is 10.1 Å². The summed E-state index contributed by atoms with van der Waals surface area (Å²) in [5, 5.41) is 5.85. The molecule has 1 aliphatic rings. The van der Waals surface area contributed by atoms with E-state index in [1.807, 2.05) is 24.3 Å². The Morgan fingerprint density at radius 3 is 2.67 bits per heavy atom. The van der Waals surface area contributed by atoms with Crippen molar-refractivity contribution < 1.29 is 19.2 Å². The van der Waals surface area contributed by atoms with Crippen molar-refractivity contribution >= 4 is 23.9 Å². The zero-order valence-electron chi connectivity index (χ0n) is 11.7. The lowest BCUT2D eigenvalue weighted by Crippen LogP contribution is -2.42. The minimum Gasteiger partial charge on any atom is -0.497 e. The number of rotatable bonds is 5. The topological polar surface area (TPSA) is 89.4 Å². The molecule has 0 bridgehead atoms. The average Bonchev–Trinajstić information content (AvgIpc) is 2.46. The molecule has 2 rings (SSSR count). The Labute approximate surface area is 121 Å². The van der Waals surface area contributed by atoms with Gasteiger partial charge in [0.1, 0.15) is 18.3 Å². The number of carbonyl (C=O) groups excluding carboxylic acids is 2. The Hall–Kier alpha value is -2.70. The molecule has 0 radical (unpaired) electrons. The fourth-order valence-electron chi connectivity index (χ4n) is 1.74. The van der Waals surface area contributed by atoms with Gasteiger partial charge in [0.25, 0.3) is 0 Å². The first kappa shape index (κ1) is 14.7.